The number of aromatic nitrogens is 2. The van der Waals surface area contributed by atoms with Crippen molar-refractivity contribution in [1.29, 1.82) is 0 Å². The van der Waals surface area contributed by atoms with Crippen molar-refractivity contribution in [3.63, 3.8) is 0 Å². The summed E-state index contributed by atoms with van der Waals surface area (Å²) in [6.07, 6.45) is 4.85. The fourth-order valence-corrected chi connectivity index (χ4v) is 4.30. The Hall–Kier alpha value is -1.18. The molecule has 0 amide bonds. The number of nitrogens with zero attached hydrogens (tertiary/aromatic N) is 2. The van der Waals surface area contributed by atoms with Crippen LogP contribution in [0.25, 0.3) is 10.4 Å². The van der Waals surface area contributed by atoms with Crippen LogP contribution in [0.15, 0.2) is 18.5 Å². The molecule has 0 saturated heterocycles. The Morgan fingerprint density at radius 3 is 3.10 bits per heavy atom. The van der Waals surface area contributed by atoms with Gasteiger partial charge in [0.1, 0.15) is 0 Å². The molecule has 0 atom stereocenters. The minimum atomic E-state index is -2.94. The first-order valence-electron chi connectivity index (χ1n) is 7.13. The normalized spacial score (nSPS) is 15.1. The highest BCUT2D eigenvalue weighted by molar-refractivity contribution is 7.91. The van der Waals surface area contributed by atoms with Crippen LogP contribution in [0.2, 0.25) is 0 Å². The van der Waals surface area contributed by atoms with E-state index in [0.29, 0.717) is 6.54 Å². The number of rotatable bonds is 5. The summed E-state index contributed by atoms with van der Waals surface area (Å²) in [6, 6.07) is 2.22. The van der Waals surface area contributed by atoms with E-state index in [1.165, 1.54) is 15.3 Å². The third kappa shape index (κ3) is 3.36. The molecule has 1 N–H and O–H groups in total. The number of hydrogen-bond donors (Lipinski definition) is 1. The standard InChI is InChI=1S/C14H19N3O2S2/c1-2-21(18,19)6-5-17-10-12(9-16-17)14-7-11-8-15-4-3-13(11)20-14/h7,9-10,15H,2-6,8H2,1H3. The quantitative estimate of drug-likeness (QED) is 0.909. The molecular weight excluding hydrogens is 306 g/mol. The molecule has 2 aromatic heterocycles. The van der Waals surface area contributed by atoms with E-state index >= 15 is 0 Å². The van der Waals surface area contributed by atoms with Gasteiger partial charge >= 0.3 is 0 Å². The molecule has 0 saturated carbocycles. The molecule has 5 nitrogen and oxygen atoms in total. The number of hydrogen-bond acceptors (Lipinski definition) is 5. The van der Waals surface area contributed by atoms with E-state index in [1.807, 2.05) is 23.7 Å². The van der Waals surface area contributed by atoms with Gasteiger partial charge in [0.15, 0.2) is 9.84 Å². The summed E-state index contributed by atoms with van der Waals surface area (Å²) >= 11 is 1.82. The lowest BCUT2D eigenvalue weighted by Crippen LogP contribution is -2.21. The highest BCUT2D eigenvalue weighted by Gasteiger charge is 2.15. The zero-order valence-electron chi connectivity index (χ0n) is 12.0. The number of fused-ring (bicyclic) bond motifs is 1. The van der Waals surface area contributed by atoms with E-state index in [2.05, 4.69) is 16.5 Å². The second-order valence-electron chi connectivity index (χ2n) is 5.21. The predicted octanol–water partition coefficient (Wildman–Crippen LogP) is 1.69. The van der Waals surface area contributed by atoms with Crippen LogP contribution in [-0.2, 0) is 29.3 Å². The van der Waals surface area contributed by atoms with Crippen LogP contribution in [0.3, 0.4) is 0 Å². The Morgan fingerprint density at radius 2 is 2.33 bits per heavy atom. The van der Waals surface area contributed by atoms with Crippen molar-refractivity contribution >= 4 is 21.2 Å². The van der Waals surface area contributed by atoms with Gasteiger partial charge in [0.2, 0.25) is 0 Å². The van der Waals surface area contributed by atoms with E-state index < -0.39 is 9.84 Å². The Morgan fingerprint density at radius 1 is 1.48 bits per heavy atom. The van der Waals surface area contributed by atoms with Gasteiger partial charge in [-0.3, -0.25) is 4.68 Å². The summed E-state index contributed by atoms with van der Waals surface area (Å²) in [6.45, 7) is 4.08. The molecule has 1 aliphatic rings. The van der Waals surface area contributed by atoms with Crippen LogP contribution in [0.5, 0.6) is 0 Å². The molecule has 0 spiro atoms. The summed E-state index contributed by atoms with van der Waals surface area (Å²) < 4.78 is 24.8. The molecule has 0 radical (unpaired) electrons. The topological polar surface area (TPSA) is 64.0 Å². The first-order chi connectivity index (χ1) is 10.1. The van der Waals surface area contributed by atoms with Gasteiger partial charge in [0.25, 0.3) is 0 Å². The molecule has 0 aliphatic carbocycles. The van der Waals surface area contributed by atoms with Gasteiger partial charge in [0.05, 0.1) is 18.5 Å². The van der Waals surface area contributed by atoms with E-state index in [-0.39, 0.29) is 11.5 Å². The molecule has 3 heterocycles. The molecule has 0 aromatic carbocycles. The van der Waals surface area contributed by atoms with Crippen LogP contribution in [-0.4, -0.2) is 36.2 Å². The molecule has 0 bridgehead atoms. The highest BCUT2D eigenvalue weighted by atomic mass is 32.2. The van der Waals surface area contributed by atoms with E-state index in [9.17, 15) is 8.42 Å². The van der Waals surface area contributed by atoms with Crippen LogP contribution < -0.4 is 5.32 Å². The third-order valence-corrected chi connectivity index (χ3v) is 6.70. The fourth-order valence-electron chi connectivity index (χ4n) is 2.38. The van der Waals surface area contributed by atoms with Crippen molar-refractivity contribution in [2.45, 2.75) is 26.4 Å². The van der Waals surface area contributed by atoms with Gasteiger partial charge in [-0.15, -0.1) is 11.3 Å². The average Bonchev–Trinajstić information content (AvgIpc) is 3.11. The van der Waals surface area contributed by atoms with Crippen LogP contribution in [0.1, 0.15) is 17.4 Å². The lowest BCUT2D eigenvalue weighted by molar-refractivity contribution is 0.582. The molecular formula is C14H19N3O2S2. The van der Waals surface area contributed by atoms with Crippen molar-refractivity contribution in [1.82, 2.24) is 15.1 Å². The largest absolute Gasteiger partial charge is 0.312 e. The van der Waals surface area contributed by atoms with Crippen LogP contribution in [0, 0.1) is 0 Å². The first kappa shape index (κ1) is 14.7. The van der Waals surface area contributed by atoms with Crippen LogP contribution >= 0.6 is 11.3 Å². The van der Waals surface area contributed by atoms with Crippen molar-refractivity contribution in [2.75, 3.05) is 18.1 Å². The van der Waals surface area contributed by atoms with Crippen molar-refractivity contribution < 1.29 is 8.42 Å². The number of sulfone groups is 1. The zero-order chi connectivity index (χ0) is 14.9. The second kappa shape index (κ2) is 5.90. The van der Waals surface area contributed by atoms with Crippen molar-refractivity contribution in [3.8, 4) is 10.4 Å². The van der Waals surface area contributed by atoms with Gasteiger partial charge < -0.3 is 5.32 Å². The Kier molecular flexibility index (Phi) is 4.14. The molecule has 3 rings (SSSR count). The first-order valence-corrected chi connectivity index (χ1v) is 9.77. The maximum Gasteiger partial charge on any atom is 0.151 e. The van der Waals surface area contributed by atoms with Gasteiger partial charge in [-0.05, 0) is 18.1 Å². The van der Waals surface area contributed by atoms with Gasteiger partial charge in [-0.1, -0.05) is 6.92 Å². The minimum Gasteiger partial charge on any atom is -0.312 e. The average molecular weight is 325 g/mol. The Labute approximate surface area is 128 Å². The Balaban J connectivity index is 1.74. The summed E-state index contributed by atoms with van der Waals surface area (Å²) in [5.41, 5.74) is 2.45. The SMILES string of the molecule is CCS(=O)(=O)CCn1cc(-c2cc3c(s2)CCNC3)cn1. The van der Waals surface area contributed by atoms with Gasteiger partial charge in [-0.2, -0.15) is 5.10 Å². The summed E-state index contributed by atoms with van der Waals surface area (Å²) in [5.74, 6) is 0.335. The lowest BCUT2D eigenvalue weighted by Gasteiger charge is -2.10. The molecule has 1 aliphatic heterocycles. The van der Waals surface area contributed by atoms with Crippen molar-refractivity contribution in [2.24, 2.45) is 0 Å². The lowest BCUT2D eigenvalue weighted by atomic mass is 10.1. The predicted molar refractivity (Wildman–Crippen MR) is 85.3 cm³/mol. The van der Waals surface area contributed by atoms with E-state index in [0.717, 1.165) is 25.1 Å². The minimum absolute atomic E-state index is 0.148. The van der Waals surface area contributed by atoms with Crippen molar-refractivity contribution in [3.05, 3.63) is 28.9 Å². The number of nitrogens with one attached hydrogen (secondary N) is 1. The maximum atomic E-state index is 11.5. The highest BCUT2D eigenvalue weighted by Crippen LogP contribution is 2.32. The maximum absolute atomic E-state index is 11.5. The monoisotopic (exact) mass is 325 g/mol. The van der Waals surface area contributed by atoms with Crippen LogP contribution in [0.4, 0.5) is 0 Å². The molecule has 0 unspecified atom stereocenters. The molecule has 2 aromatic rings. The molecule has 0 fully saturated rings. The molecule has 114 valence electrons. The second-order valence-corrected chi connectivity index (χ2v) is 8.82. The summed E-state index contributed by atoms with van der Waals surface area (Å²) in [5, 5.41) is 7.65. The summed E-state index contributed by atoms with van der Waals surface area (Å²) in [4.78, 5) is 2.67. The number of aryl methyl sites for hydroxylation is 1. The molecule has 7 heteroatoms. The number of thiophene rings is 1. The Bertz CT molecular complexity index is 708. The smallest absolute Gasteiger partial charge is 0.151 e. The van der Waals surface area contributed by atoms with E-state index in [4.69, 9.17) is 0 Å². The molecule has 21 heavy (non-hydrogen) atoms. The fraction of sp³-hybridized carbons (Fsp3) is 0.500. The zero-order valence-corrected chi connectivity index (χ0v) is 13.6. The van der Waals surface area contributed by atoms with Gasteiger partial charge in [-0.25, -0.2) is 8.42 Å². The van der Waals surface area contributed by atoms with Gasteiger partial charge in [0, 0.05) is 40.4 Å². The summed E-state index contributed by atoms with van der Waals surface area (Å²) in [7, 11) is -2.94. The third-order valence-electron chi connectivity index (χ3n) is 3.73. The van der Waals surface area contributed by atoms with E-state index in [1.54, 1.807) is 11.6 Å².